The number of likely N-dealkylation sites (tertiary alicyclic amines) is 1. The summed E-state index contributed by atoms with van der Waals surface area (Å²) in [6, 6.07) is 9.91. The molecule has 3 rings (SSSR count). The van der Waals surface area contributed by atoms with E-state index in [1.807, 2.05) is 6.92 Å². The molecule has 1 N–H and O–H groups in total. The van der Waals surface area contributed by atoms with Gasteiger partial charge in [-0.05, 0) is 50.1 Å². The second kappa shape index (κ2) is 9.24. The van der Waals surface area contributed by atoms with Crippen molar-refractivity contribution < 1.29 is 18.0 Å². The van der Waals surface area contributed by atoms with Gasteiger partial charge in [-0.1, -0.05) is 40.9 Å². The van der Waals surface area contributed by atoms with Gasteiger partial charge in [0.2, 0.25) is 5.91 Å². The number of halogens is 2. The summed E-state index contributed by atoms with van der Waals surface area (Å²) in [6.45, 7) is 2.07. The Morgan fingerprint density at radius 1 is 1.03 bits per heavy atom. The monoisotopic (exact) mass is 469 g/mol. The molecule has 2 aromatic carbocycles. The Hall–Kier alpha value is -2.29. The van der Waals surface area contributed by atoms with Crippen molar-refractivity contribution in [2.75, 3.05) is 25.0 Å². The van der Waals surface area contributed by atoms with Crippen LogP contribution in [0.15, 0.2) is 47.4 Å². The van der Waals surface area contributed by atoms with E-state index in [0.717, 1.165) is 18.4 Å². The second-order valence-corrected chi connectivity index (χ2v) is 9.66. The summed E-state index contributed by atoms with van der Waals surface area (Å²) < 4.78 is 27.0. The lowest BCUT2D eigenvalue weighted by Crippen LogP contribution is -2.48. The molecule has 0 spiro atoms. The molecule has 160 valence electrons. The Labute approximate surface area is 185 Å². The summed E-state index contributed by atoms with van der Waals surface area (Å²) in [5, 5.41) is 3.12. The first-order chi connectivity index (χ1) is 14.2. The molecular formula is C20H21Cl2N3O4S. The molecule has 1 aliphatic heterocycles. The van der Waals surface area contributed by atoms with Crippen molar-refractivity contribution >= 4 is 50.9 Å². The lowest BCUT2D eigenvalue weighted by atomic mass is 10.2. The summed E-state index contributed by atoms with van der Waals surface area (Å²) in [4.78, 5) is 27.0. The summed E-state index contributed by atoms with van der Waals surface area (Å²) in [7, 11) is -4.22. The number of rotatable bonds is 5. The molecule has 10 heteroatoms. The standard InChI is InChI=1S/C20H21Cl2N3O4S/c1-14-4-7-16(8-5-14)30(28,29)25(20(27)24-10-2-3-11-24)13-19(26)23-15-6-9-17(21)18(22)12-15/h4-9,12H,2-3,10-11,13H2,1H3,(H,23,26). The number of hydrogen-bond acceptors (Lipinski definition) is 4. The van der Waals surface area contributed by atoms with Crippen molar-refractivity contribution in [3.63, 3.8) is 0 Å². The van der Waals surface area contributed by atoms with E-state index in [2.05, 4.69) is 5.32 Å². The molecule has 30 heavy (non-hydrogen) atoms. The number of aryl methyl sites for hydroxylation is 1. The van der Waals surface area contributed by atoms with Crippen molar-refractivity contribution in [1.29, 1.82) is 0 Å². The number of urea groups is 1. The molecule has 0 unspecified atom stereocenters. The van der Waals surface area contributed by atoms with Crippen LogP contribution in [-0.4, -0.2) is 49.2 Å². The first-order valence-corrected chi connectivity index (χ1v) is 11.5. The van der Waals surface area contributed by atoms with Gasteiger partial charge in [0, 0.05) is 18.8 Å². The van der Waals surface area contributed by atoms with Crippen LogP contribution < -0.4 is 5.32 Å². The van der Waals surface area contributed by atoms with Gasteiger partial charge in [-0.25, -0.2) is 17.5 Å². The number of nitrogens with zero attached hydrogens (tertiary/aromatic N) is 2. The number of sulfonamides is 1. The van der Waals surface area contributed by atoms with Crippen LogP contribution in [0.5, 0.6) is 0 Å². The largest absolute Gasteiger partial charge is 0.334 e. The molecular weight excluding hydrogens is 449 g/mol. The zero-order valence-corrected chi connectivity index (χ0v) is 18.6. The van der Waals surface area contributed by atoms with E-state index in [-0.39, 0.29) is 9.92 Å². The van der Waals surface area contributed by atoms with Gasteiger partial charge >= 0.3 is 6.03 Å². The van der Waals surface area contributed by atoms with Crippen LogP contribution in [-0.2, 0) is 14.8 Å². The Bertz CT molecular complexity index is 1050. The molecule has 1 heterocycles. The fourth-order valence-corrected chi connectivity index (χ4v) is 4.70. The SMILES string of the molecule is Cc1ccc(S(=O)(=O)N(CC(=O)Nc2ccc(Cl)c(Cl)c2)C(=O)N2CCCC2)cc1. The Balaban J connectivity index is 1.86. The quantitative estimate of drug-likeness (QED) is 0.712. The van der Waals surface area contributed by atoms with Gasteiger partial charge in [0.25, 0.3) is 10.0 Å². The van der Waals surface area contributed by atoms with Crippen LogP contribution in [0.25, 0.3) is 0 Å². The molecule has 0 aromatic heterocycles. The van der Waals surface area contributed by atoms with Crippen molar-refractivity contribution in [2.24, 2.45) is 0 Å². The number of amides is 3. The van der Waals surface area contributed by atoms with Gasteiger partial charge in [-0.15, -0.1) is 0 Å². The minimum Gasteiger partial charge on any atom is -0.324 e. The number of benzene rings is 2. The van der Waals surface area contributed by atoms with Crippen LogP contribution in [0.1, 0.15) is 18.4 Å². The highest BCUT2D eigenvalue weighted by molar-refractivity contribution is 7.89. The van der Waals surface area contributed by atoms with Gasteiger partial charge in [0.15, 0.2) is 0 Å². The lowest BCUT2D eigenvalue weighted by Gasteiger charge is -2.27. The second-order valence-electron chi connectivity index (χ2n) is 6.98. The molecule has 0 atom stereocenters. The summed E-state index contributed by atoms with van der Waals surface area (Å²) in [5.41, 5.74) is 1.22. The first-order valence-electron chi connectivity index (χ1n) is 9.32. The number of anilines is 1. The molecule has 1 fully saturated rings. The average Bonchev–Trinajstić information content (AvgIpc) is 3.23. The summed E-state index contributed by atoms with van der Waals surface area (Å²) in [5.74, 6) is -0.670. The number of nitrogens with one attached hydrogen (secondary N) is 1. The zero-order chi connectivity index (χ0) is 21.9. The molecule has 0 saturated carbocycles. The Kier molecular flexibility index (Phi) is 6.90. The zero-order valence-electron chi connectivity index (χ0n) is 16.3. The van der Waals surface area contributed by atoms with Crippen LogP contribution in [0.3, 0.4) is 0 Å². The van der Waals surface area contributed by atoms with Crippen molar-refractivity contribution in [2.45, 2.75) is 24.7 Å². The predicted octanol–water partition coefficient (Wildman–Crippen LogP) is 4.15. The molecule has 7 nitrogen and oxygen atoms in total. The molecule has 1 saturated heterocycles. The maximum absolute atomic E-state index is 13.2. The number of hydrogen-bond donors (Lipinski definition) is 1. The Morgan fingerprint density at radius 3 is 2.27 bits per heavy atom. The van der Waals surface area contributed by atoms with Crippen LogP contribution in [0.4, 0.5) is 10.5 Å². The number of carbonyl (C=O) groups excluding carboxylic acids is 2. The van der Waals surface area contributed by atoms with Gasteiger partial charge in [-0.2, -0.15) is 0 Å². The minimum atomic E-state index is -4.22. The molecule has 1 aliphatic rings. The van der Waals surface area contributed by atoms with E-state index in [1.165, 1.54) is 35.2 Å². The fraction of sp³-hybridized carbons (Fsp3) is 0.300. The smallest absolute Gasteiger partial charge is 0.324 e. The number of carbonyl (C=O) groups is 2. The predicted molar refractivity (Wildman–Crippen MR) is 116 cm³/mol. The highest BCUT2D eigenvalue weighted by Gasteiger charge is 2.35. The molecule has 3 amide bonds. The molecule has 0 bridgehead atoms. The van der Waals surface area contributed by atoms with Crippen molar-refractivity contribution in [1.82, 2.24) is 9.21 Å². The normalized spacial score (nSPS) is 13.9. The van der Waals surface area contributed by atoms with E-state index in [4.69, 9.17) is 23.2 Å². The third-order valence-electron chi connectivity index (χ3n) is 4.69. The summed E-state index contributed by atoms with van der Waals surface area (Å²) in [6.07, 6.45) is 1.58. The minimum absolute atomic E-state index is 0.0528. The summed E-state index contributed by atoms with van der Waals surface area (Å²) >= 11 is 11.8. The Morgan fingerprint density at radius 2 is 1.67 bits per heavy atom. The highest BCUT2D eigenvalue weighted by atomic mass is 35.5. The third-order valence-corrected chi connectivity index (χ3v) is 7.16. The van der Waals surface area contributed by atoms with E-state index >= 15 is 0 Å². The van der Waals surface area contributed by atoms with Gasteiger partial charge in [0.1, 0.15) is 6.54 Å². The van der Waals surface area contributed by atoms with E-state index in [1.54, 1.807) is 12.1 Å². The molecule has 0 radical (unpaired) electrons. The highest BCUT2D eigenvalue weighted by Crippen LogP contribution is 2.25. The molecule has 0 aliphatic carbocycles. The van der Waals surface area contributed by atoms with Crippen molar-refractivity contribution in [3.8, 4) is 0 Å². The van der Waals surface area contributed by atoms with Crippen LogP contribution >= 0.6 is 23.2 Å². The van der Waals surface area contributed by atoms with Gasteiger partial charge < -0.3 is 10.2 Å². The van der Waals surface area contributed by atoms with Gasteiger partial charge in [-0.3, -0.25) is 4.79 Å². The van der Waals surface area contributed by atoms with Gasteiger partial charge in [0.05, 0.1) is 14.9 Å². The van der Waals surface area contributed by atoms with E-state index < -0.39 is 28.5 Å². The third kappa shape index (κ3) is 5.06. The van der Waals surface area contributed by atoms with E-state index in [9.17, 15) is 18.0 Å². The average molecular weight is 470 g/mol. The van der Waals surface area contributed by atoms with E-state index in [0.29, 0.717) is 28.1 Å². The topological polar surface area (TPSA) is 86.8 Å². The van der Waals surface area contributed by atoms with Crippen molar-refractivity contribution in [3.05, 3.63) is 58.1 Å². The lowest BCUT2D eigenvalue weighted by molar-refractivity contribution is -0.116. The molecule has 2 aromatic rings. The first kappa shape index (κ1) is 22.4. The van der Waals surface area contributed by atoms with Crippen LogP contribution in [0, 0.1) is 6.92 Å². The fourth-order valence-electron chi connectivity index (χ4n) is 3.06. The maximum Gasteiger partial charge on any atom is 0.334 e. The van der Waals surface area contributed by atoms with Crippen LogP contribution in [0.2, 0.25) is 10.0 Å². The maximum atomic E-state index is 13.2.